The second kappa shape index (κ2) is 13.1. The van der Waals surface area contributed by atoms with Gasteiger partial charge in [0, 0.05) is 41.3 Å². The number of anilines is 2. The van der Waals surface area contributed by atoms with Crippen molar-refractivity contribution in [3.63, 3.8) is 0 Å². The van der Waals surface area contributed by atoms with Crippen molar-refractivity contribution < 1.29 is 0 Å². The first-order valence-electron chi connectivity index (χ1n) is 10.2. The van der Waals surface area contributed by atoms with Crippen LogP contribution in [0.5, 0.6) is 0 Å². The maximum absolute atomic E-state index is 6.33. The van der Waals surface area contributed by atoms with Crippen molar-refractivity contribution in [2.45, 2.75) is 13.1 Å². The Morgan fingerprint density at radius 1 is 0.971 bits per heavy atom. The van der Waals surface area contributed by atoms with Crippen molar-refractivity contribution in [1.82, 2.24) is 25.1 Å². The zero-order valence-corrected chi connectivity index (χ0v) is 22.7. The van der Waals surface area contributed by atoms with Gasteiger partial charge >= 0.3 is 0 Å². The van der Waals surface area contributed by atoms with Gasteiger partial charge < -0.3 is 5.32 Å². The number of H-pyrrole nitrogens is 1. The number of aromatic amines is 1. The molecule has 0 spiro atoms. The molecule has 5 rings (SSSR count). The van der Waals surface area contributed by atoms with E-state index in [-0.39, 0.29) is 37.2 Å². The summed E-state index contributed by atoms with van der Waals surface area (Å²) in [5.74, 6) is 0.729. The van der Waals surface area contributed by atoms with Gasteiger partial charge in [-0.05, 0) is 36.9 Å². The Morgan fingerprint density at radius 2 is 1.77 bits per heavy atom. The van der Waals surface area contributed by atoms with Crippen molar-refractivity contribution in [2.75, 3.05) is 12.4 Å². The Bertz CT molecular complexity index is 1360. The summed E-state index contributed by atoms with van der Waals surface area (Å²) in [4.78, 5) is 12.4. The summed E-state index contributed by atoms with van der Waals surface area (Å²) >= 11 is 7.97. The van der Waals surface area contributed by atoms with Gasteiger partial charge in [0.25, 0.3) is 0 Å². The van der Waals surface area contributed by atoms with Gasteiger partial charge in [-0.15, -0.1) is 48.6 Å². The van der Waals surface area contributed by atoms with E-state index in [2.05, 4.69) is 61.7 Å². The molecule has 6 nitrogen and oxygen atoms in total. The molecule has 0 aliphatic carbocycles. The van der Waals surface area contributed by atoms with Crippen LogP contribution >= 0.6 is 60.2 Å². The molecule has 35 heavy (non-hydrogen) atoms. The number of hydrogen-bond donors (Lipinski definition) is 2. The number of aromatic nitrogens is 4. The second-order valence-corrected chi connectivity index (χ2v) is 9.10. The topological polar surface area (TPSA) is 69.7 Å². The number of nitrogens with zero attached hydrogens (tertiary/aromatic N) is 4. The predicted molar refractivity (Wildman–Crippen MR) is 153 cm³/mol. The average Bonchev–Trinajstić information content (AvgIpc) is 3.41. The van der Waals surface area contributed by atoms with E-state index in [9.17, 15) is 0 Å². The number of nitrogens with one attached hydrogen (secondary N) is 2. The van der Waals surface area contributed by atoms with Crippen LogP contribution in [-0.2, 0) is 13.1 Å². The van der Waals surface area contributed by atoms with Gasteiger partial charge in [0.15, 0.2) is 10.9 Å². The van der Waals surface area contributed by atoms with Crippen molar-refractivity contribution in [2.24, 2.45) is 0 Å². The van der Waals surface area contributed by atoms with E-state index in [1.807, 2.05) is 42.6 Å². The summed E-state index contributed by atoms with van der Waals surface area (Å²) < 4.78 is 0. The van der Waals surface area contributed by atoms with E-state index < -0.39 is 0 Å². The molecule has 0 bridgehead atoms. The van der Waals surface area contributed by atoms with E-state index in [4.69, 9.17) is 11.6 Å². The fourth-order valence-corrected chi connectivity index (χ4v) is 4.73. The Hall–Kier alpha value is -2.39. The molecule has 0 fully saturated rings. The molecular formula is C24H24Cl4N6S. The molecule has 0 saturated carbocycles. The third-order valence-electron chi connectivity index (χ3n) is 5.09. The van der Waals surface area contributed by atoms with Crippen LogP contribution in [0, 0.1) is 0 Å². The quantitative estimate of drug-likeness (QED) is 0.214. The van der Waals surface area contributed by atoms with Gasteiger partial charge in [0.05, 0.1) is 16.2 Å². The Kier molecular flexibility index (Phi) is 10.8. The Morgan fingerprint density at radius 3 is 2.54 bits per heavy atom. The smallest absolute Gasteiger partial charge is 0.188 e. The molecule has 5 aromatic rings. The van der Waals surface area contributed by atoms with E-state index in [1.165, 1.54) is 10.4 Å². The number of benzene rings is 2. The first-order chi connectivity index (χ1) is 15.7. The van der Waals surface area contributed by atoms with Crippen LogP contribution in [0.15, 0.2) is 73.1 Å². The monoisotopic (exact) mass is 568 g/mol. The minimum atomic E-state index is 0. The fourth-order valence-electron chi connectivity index (χ4n) is 3.61. The molecule has 2 aromatic carbocycles. The minimum Gasteiger partial charge on any atom is -0.314 e. The standard InChI is InChI=1S/C24H21ClN6S.3ClH/c1-31(14-16-6-3-2-4-7-16)15-18-13-27-24(32-18)28-23-19-12-17(9-10-21(19)29-30-23)22-20(25)8-5-11-26-22;;;/h2-13H,14-15H2,1H3,(H2,27,28,29,30);3*1H. The van der Waals surface area contributed by atoms with Crippen molar-refractivity contribution in [3.05, 3.63) is 88.5 Å². The van der Waals surface area contributed by atoms with Gasteiger partial charge in [-0.2, -0.15) is 5.10 Å². The maximum Gasteiger partial charge on any atom is 0.188 e. The van der Waals surface area contributed by atoms with Crippen LogP contribution in [0.4, 0.5) is 10.9 Å². The number of rotatable bonds is 7. The molecule has 0 unspecified atom stereocenters. The lowest BCUT2D eigenvalue weighted by atomic mass is 10.1. The number of pyridine rings is 1. The highest BCUT2D eigenvalue weighted by Gasteiger charge is 2.12. The van der Waals surface area contributed by atoms with Crippen LogP contribution in [0.2, 0.25) is 5.02 Å². The van der Waals surface area contributed by atoms with E-state index in [1.54, 1.807) is 17.5 Å². The fraction of sp³-hybridized carbons (Fsp3) is 0.125. The summed E-state index contributed by atoms with van der Waals surface area (Å²) in [6.07, 6.45) is 3.66. The zero-order valence-electron chi connectivity index (χ0n) is 18.6. The first-order valence-corrected chi connectivity index (χ1v) is 11.4. The minimum absolute atomic E-state index is 0. The molecule has 0 atom stereocenters. The summed E-state index contributed by atoms with van der Waals surface area (Å²) in [6, 6.07) is 20.1. The molecule has 3 aromatic heterocycles. The summed E-state index contributed by atoms with van der Waals surface area (Å²) in [5.41, 5.74) is 3.92. The predicted octanol–water partition coefficient (Wildman–Crippen LogP) is 7.38. The summed E-state index contributed by atoms with van der Waals surface area (Å²) in [6.45, 7) is 1.72. The SMILES string of the molecule is CN(Cc1ccccc1)Cc1cnc(Nc2n[nH]c3ccc(-c4ncccc4Cl)cc23)s1.Cl.Cl.Cl. The van der Waals surface area contributed by atoms with E-state index in [0.29, 0.717) is 5.02 Å². The molecule has 2 N–H and O–H groups in total. The maximum atomic E-state index is 6.33. The Labute approximate surface area is 231 Å². The zero-order chi connectivity index (χ0) is 21.9. The number of hydrogen-bond acceptors (Lipinski definition) is 6. The van der Waals surface area contributed by atoms with Gasteiger partial charge in [0.2, 0.25) is 0 Å². The van der Waals surface area contributed by atoms with Crippen molar-refractivity contribution >= 4 is 82.0 Å². The highest BCUT2D eigenvalue weighted by molar-refractivity contribution is 7.15. The van der Waals surface area contributed by atoms with E-state index >= 15 is 0 Å². The van der Waals surface area contributed by atoms with Crippen molar-refractivity contribution in [1.29, 1.82) is 0 Å². The number of thiazole rings is 1. The molecule has 11 heteroatoms. The molecular weight excluding hydrogens is 546 g/mol. The number of fused-ring (bicyclic) bond motifs is 1. The summed E-state index contributed by atoms with van der Waals surface area (Å²) in [7, 11) is 2.12. The highest BCUT2D eigenvalue weighted by Crippen LogP contribution is 2.32. The average molecular weight is 570 g/mol. The van der Waals surface area contributed by atoms with Crippen LogP contribution < -0.4 is 5.32 Å². The molecule has 0 aliphatic heterocycles. The van der Waals surface area contributed by atoms with Gasteiger partial charge in [0.1, 0.15) is 0 Å². The lowest BCUT2D eigenvalue weighted by Crippen LogP contribution is -2.16. The first kappa shape index (κ1) is 28.8. The third-order valence-corrected chi connectivity index (χ3v) is 6.30. The molecule has 3 heterocycles. The Balaban J connectivity index is 0.00000144. The lowest BCUT2D eigenvalue weighted by molar-refractivity contribution is 0.322. The van der Waals surface area contributed by atoms with Crippen LogP contribution in [0.25, 0.3) is 22.2 Å². The van der Waals surface area contributed by atoms with E-state index in [0.717, 1.165) is 46.2 Å². The number of halogens is 4. The molecule has 0 radical (unpaired) electrons. The summed E-state index contributed by atoms with van der Waals surface area (Å²) in [5, 5.41) is 13.3. The molecule has 0 amide bonds. The van der Waals surface area contributed by atoms with Gasteiger partial charge in [-0.25, -0.2) is 4.98 Å². The van der Waals surface area contributed by atoms with Gasteiger partial charge in [-0.1, -0.05) is 48.0 Å². The van der Waals surface area contributed by atoms with Gasteiger partial charge in [-0.3, -0.25) is 15.0 Å². The van der Waals surface area contributed by atoms with Crippen LogP contribution in [0.1, 0.15) is 10.4 Å². The lowest BCUT2D eigenvalue weighted by Gasteiger charge is -2.15. The van der Waals surface area contributed by atoms with Crippen molar-refractivity contribution in [3.8, 4) is 11.3 Å². The third kappa shape index (κ3) is 6.85. The van der Waals surface area contributed by atoms with Crippen LogP contribution in [-0.4, -0.2) is 32.1 Å². The largest absolute Gasteiger partial charge is 0.314 e. The second-order valence-electron chi connectivity index (χ2n) is 7.58. The molecule has 0 saturated heterocycles. The molecule has 184 valence electrons. The van der Waals surface area contributed by atoms with Crippen LogP contribution in [0.3, 0.4) is 0 Å². The molecule has 0 aliphatic rings. The normalized spacial score (nSPS) is 10.4. The highest BCUT2D eigenvalue weighted by atomic mass is 35.5.